The number of benzene rings is 2. The van der Waals surface area contributed by atoms with Crippen molar-refractivity contribution < 1.29 is 18.7 Å². The molecule has 7 heteroatoms. The van der Waals surface area contributed by atoms with E-state index in [4.69, 9.17) is 14.5 Å². The highest BCUT2D eigenvalue weighted by atomic mass is 19.1. The van der Waals surface area contributed by atoms with Crippen molar-refractivity contribution in [1.29, 1.82) is 0 Å². The van der Waals surface area contributed by atoms with Crippen molar-refractivity contribution in [3.05, 3.63) is 77.4 Å². The summed E-state index contributed by atoms with van der Waals surface area (Å²) in [4.78, 5) is 19.7. The second-order valence-corrected chi connectivity index (χ2v) is 8.15. The smallest absolute Gasteiger partial charge is 0.254 e. The average molecular weight is 433 g/mol. The number of pyridine rings is 1. The summed E-state index contributed by atoms with van der Waals surface area (Å²) in [5.41, 5.74) is 4.15. The van der Waals surface area contributed by atoms with E-state index in [0.29, 0.717) is 43.4 Å². The van der Waals surface area contributed by atoms with E-state index >= 15 is 0 Å². The van der Waals surface area contributed by atoms with Crippen LogP contribution in [0.25, 0.3) is 0 Å². The third kappa shape index (κ3) is 4.23. The first-order valence-corrected chi connectivity index (χ1v) is 10.8. The Morgan fingerprint density at radius 2 is 1.81 bits per heavy atom. The van der Waals surface area contributed by atoms with Crippen LogP contribution in [0.2, 0.25) is 0 Å². The minimum Gasteiger partial charge on any atom is -0.486 e. The predicted octanol–water partition coefficient (Wildman–Crippen LogP) is 4.67. The van der Waals surface area contributed by atoms with Gasteiger partial charge in [0.2, 0.25) is 0 Å². The molecule has 1 aromatic heterocycles. The molecule has 164 valence electrons. The molecule has 0 unspecified atom stereocenters. The number of rotatable bonds is 4. The highest BCUT2D eigenvalue weighted by molar-refractivity contribution is 5.95. The molecule has 0 saturated carbocycles. The zero-order valence-corrected chi connectivity index (χ0v) is 17.8. The molecule has 3 heterocycles. The summed E-state index contributed by atoms with van der Waals surface area (Å²) < 4.78 is 24.3. The molecule has 1 saturated heterocycles. The number of likely N-dealkylation sites (tertiary alicyclic amines) is 1. The van der Waals surface area contributed by atoms with Gasteiger partial charge >= 0.3 is 0 Å². The van der Waals surface area contributed by atoms with E-state index in [9.17, 15) is 9.18 Å². The maximum absolute atomic E-state index is 13.2. The molecule has 2 aromatic carbocycles. The maximum atomic E-state index is 13.2. The normalized spacial score (nSPS) is 17.3. The fourth-order valence-corrected chi connectivity index (χ4v) is 4.22. The molecule has 2 aliphatic rings. The molecule has 2 aliphatic heterocycles. The molecule has 0 aliphatic carbocycles. The van der Waals surface area contributed by atoms with Crippen molar-refractivity contribution in [3.63, 3.8) is 0 Å². The molecule has 1 fully saturated rings. The maximum Gasteiger partial charge on any atom is 0.254 e. The number of hydrogen-bond donors (Lipinski definition) is 1. The number of nitrogens with one attached hydrogen (secondary N) is 1. The monoisotopic (exact) mass is 433 g/mol. The lowest BCUT2D eigenvalue weighted by atomic mass is 10.0. The molecule has 3 aromatic rings. The molecule has 1 atom stereocenters. The molecular weight excluding hydrogens is 409 g/mol. The number of carbonyl (C=O) groups is 1. The van der Waals surface area contributed by atoms with E-state index in [0.717, 1.165) is 29.2 Å². The number of amides is 1. The van der Waals surface area contributed by atoms with Crippen LogP contribution in [0, 0.1) is 12.7 Å². The molecule has 1 amide bonds. The fraction of sp³-hybridized carbons (Fsp3) is 0.280. The van der Waals surface area contributed by atoms with Gasteiger partial charge in [0, 0.05) is 47.3 Å². The van der Waals surface area contributed by atoms with E-state index in [2.05, 4.69) is 5.32 Å². The second kappa shape index (κ2) is 8.49. The van der Waals surface area contributed by atoms with Crippen LogP contribution in [0.15, 0.2) is 54.6 Å². The van der Waals surface area contributed by atoms with Gasteiger partial charge in [-0.2, -0.15) is 0 Å². The minimum absolute atomic E-state index is 0.0122. The first-order chi connectivity index (χ1) is 15.5. The Hall–Kier alpha value is -3.61. The van der Waals surface area contributed by atoms with E-state index in [1.807, 2.05) is 24.0 Å². The van der Waals surface area contributed by atoms with Crippen molar-refractivity contribution in [2.24, 2.45) is 0 Å². The van der Waals surface area contributed by atoms with Crippen LogP contribution in [0.5, 0.6) is 11.5 Å². The third-order valence-electron chi connectivity index (χ3n) is 5.79. The molecule has 6 nitrogen and oxygen atoms in total. The van der Waals surface area contributed by atoms with E-state index in [1.54, 1.807) is 30.3 Å². The summed E-state index contributed by atoms with van der Waals surface area (Å²) in [6.07, 6.45) is 0.850. The van der Waals surface area contributed by atoms with Crippen LogP contribution < -0.4 is 14.8 Å². The van der Waals surface area contributed by atoms with Gasteiger partial charge < -0.3 is 19.7 Å². The number of anilines is 2. The van der Waals surface area contributed by atoms with Gasteiger partial charge in [0.1, 0.15) is 19.0 Å². The molecule has 0 spiro atoms. The highest BCUT2D eigenvalue weighted by Crippen LogP contribution is 2.33. The van der Waals surface area contributed by atoms with Crippen molar-refractivity contribution in [2.45, 2.75) is 19.3 Å². The molecule has 1 N–H and O–H groups in total. The third-order valence-corrected chi connectivity index (χ3v) is 5.79. The van der Waals surface area contributed by atoms with Gasteiger partial charge in [-0.3, -0.25) is 9.78 Å². The Kier molecular flexibility index (Phi) is 5.39. The van der Waals surface area contributed by atoms with Gasteiger partial charge in [-0.15, -0.1) is 0 Å². The fourth-order valence-electron chi connectivity index (χ4n) is 4.22. The van der Waals surface area contributed by atoms with Gasteiger partial charge in [-0.05, 0) is 67.9 Å². The SMILES string of the molecule is Cc1cc(Nc2ccc(F)cc2)cc([C@H]2CCN(C(=O)c3ccc4c(c3)OCCO4)C2)n1. The van der Waals surface area contributed by atoms with Crippen LogP contribution in [0.1, 0.15) is 34.1 Å². The molecule has 0 radical (unpaired) electrons. The molecule has 5 rings (SSSR count). The topological polar surface area (TPSA) is 63.7 Å². The van der Waals surface area contributed by atoms with Gasteiger partial charge in [0.25, 0.3) is 5.91 Å². The second-order valence-electron chi connectivity index (χ2n) is 8.15. The average Bonchev–Trinajstić information content (AvgIpc) is 3.30. The Bertz CT molecular complexity index is 1150. The van der Waals surface area contributed by atoms with Crippen molar-refractivity contribution in [3.8, 4) is 11.5 Å². The minimum atomic E-state index is -0.268. The summed E-state index contributed by atoms with van der Waals surface area (Å²) in [6.45, 7) is 4.25. The van der Waals surface area contributed by atoms with E-state index < -0.39 is 0 Å². The van der Waals surface area contributed by atoms with Gasteiger partial charge in [0.15, 0.2) is 11.5 Å². The van der Waals surface area contributed by atoms with Gasteiger partial charge in [-0.1, -0.05) is 0 Å². The number of hydrogen-bond acceptors (Lipinski definition) is 5. The zero-order chi connectivity index (χ0) is 22.1. The molecule has 32 heavy (non-hydrogen) atoms. The van der Waals surface area contributed by atoms with E-state index in [1.165, 1.54) is 12.1 Å². The largest absolute Gasteiger partial charge is 0.486 e. The number of nitrogens with zero attached hydrogens (tertiary/aromatic N) is 2. The number of halogens is 1. The quantitative estimate of drug-likeness (QED) is 0.648. The first-order valence-electron chi connectivity index (χ1n) is 10.8. The molecular formula is C25H24FN3O3. The summed E-state index contributed by atoms with van der Waals surface area (Å²) in [5, 5.41) is 3.31. The Balaban J connectivity index is 1.30. The van der Waals surface area contributed by atoms with E-state index in [-0.39, 0.29) is 17.6 Å². The van der Waals surface area contributed by atoms with Crippen LogP contribution in [0.3, 0.4) is 0 Å². The lowest BCUT2D eigenvalue weighted by molar-refractivity contribution is 0.0789. The Morgan fingerprint density at radius 3 is 2.62 bits per heavy atom. The van der Waals surface area contributed by atoms with Crippen molar-refractivity contribution in [2.75, 3.05) is 31.6 Å². The number of aromatic nitrogens is 1. The zero-order valence-electron chi connectivity index (χ0n) is 17.8. The summed E-state index contributed by atoms with van der Waals surface area (Å²) in [6, 6.07) is 15.6. The van der Waals surface area contributed by atoms with Crippen molar-refractivity contribution in [1.82, 2.24) is 9.88 Å². The van der Waals surface area contributed by atoms with Crippen LogP contribution in [-0.4, -0.2) is 42.1 Å². The lowest BCUT2D eigenvalue weighted by Crippen LogP contribution is -2.28. The standard InChI is InChI=1S/C25H24FN3O3/c1-16-12-21(28-20-5-3-19(26)4-6-20)14-22(27-16)18-8-9-29(15-18)25(30)17-2-7-23-24(13-17)32-11-10-31-23/h2-7,12-14,18H,8-11,15H2,1H3,(H,27,28)/t18-/m0/s1. The number of carbonyl (C=O) groups excluding carboxylic acids is 1. The van der Waals surface area contributed by atoms with Crippen LogP contribution in [-0.2, 0) is 0 Å². The predicted molar refractivity (Wildman–Crippen MR) is 119 cm³/mol. The summed E-state index contributed by atoms with van der Waals surface area (Å²) in [7, 11) is 0. The van der Waals surface area contributed by atoms with Crippen LogP contribution >= 0.6 is 0 Å². The lowest BCUT2D eigenvalue weighted by Gasteiger charge is -2.21. The van der Waals surface area contributed by atoms with Crippen LogP contribution in [0.4, 0.5) is 15.8 Å². The summed E-state index contributed by atoms with van der Waals surface area (Å²) in [5.74, 6) is 1.18. The molecule has 0 bridgehead atoms. The number of fused-ring (bicyclic) bond motifs is 1. The van der Waals surface area contributed by atoms with Gasteiger partial charge in [-0.25, -0.2) is 4.39 Å². The Morgan fingerprint density at radius 1 is 1.03 bits per heavy atom. The van der Waals surface area contributed by atoms with Gasteiger partial charge in [0.05, 0.1) is 0 Å². The number of ether oxygens (including phenoxy) is 2. The highest BCUT2D eigenvalue weighted by Gasteiger charge is 2.30. The Labute approximate surface area is 186 Å². The number of aryl methyl sites for hydroxylation is 1. The van der Waals surface area contributed by atoms with Crippen molar-refractivity contribution >= 4 is 17.3 Å². The summed E-state index contributed by atoms with van der Waals surface area (Å²) >= 11 is 0. The first kappa shape index (κ1) is 20.3.